The van der Waals surface area contributed by atoms with Crippen molar-refractivity contribution in [2.45, 2.75) is 36.3 Å². The second-order valence-electron chi connectivity index (χ2n) is 8.55. The molecular weight excluding hydrogens is 445 g/mol. The van der Waals surface area contributed by atoms with Crippen molar-refractivity contribution >= 4 is 15.9 Å². The summed E-state index contributed by atoms with van der Waals surface area (Å²) >= 11 is 0. The number of amides is 1. The quantitative estimate of drug-likeness (QED) is 0.632. The topological polar surface area (TPSA) is 79.0 Å². The first-order valence-electron chi connectivity index (χ1n) is 11.4. The van der Waals surface area contributed by atoms with Gasteiger partial charge in [0, 0.05) is 39.3 Å². The van der Waals surface area contributed by atoms with Gasteiger partial charge in [0.05, 0.1) is 6.10 Å². The van der Waals surface area contributed by atoms with Gasteiger partial charge in [-0.1, -0.05) is 42.5 Å². The second-order valence-corrected chi connectivity index (χ2v) is 10.2. The van der Waals surface area contributed by atoms with E-state index in [9.17, 15) is 17.6 Å². The van der Waals surface area contributed by atoms with Crippen LogP contribution in [-0.2, 0) is 26.0 Å². The first-order valence-corrected chi connectivity index (χ1v) is 12.8. The van der Waals surface area contributed by atoms with Crippen LogP contribution >= 0.6 is 0 Å². The van der Waals surface area contributed by atoms with E-state index in [1.54, 1.807) is 4.90 Å². The maximum atomic E-state index is 14.2. The highest BCUT2D eigenvalue weighted by molar-refractivity contribution is 7.89. The summed E-state index contributed by atoms with van der Waals surface area (Å²) in [5.41, 5.74) is 0.823. The van der Waals surface area contributed by atoms with E-state index in [4.69, 9.17) is 4.74 Å². The number of carbonyl (C=O) groups is 1. The van der Waals surface area contributed by atoms with Gasteiger partial charge < -0.3 is 9.64 Å². The number of hydrogen-bond donors (Lipinski definition) is 1. The van der Waals surface area contributed by atoms with Crippen LogP contribution in [0.1, 0.15) is 18.4 Å². The highest BCUT2D eigenvalue weighted by atomic mass is 32.2. The molecule has 0 bridgehead atoms. The van der Waals surface area contributed by atoms with Gasteiger partial charge in [0.15, 0.2) is 0 Å². The third-order valence-electron chi connectivity index (χ3n) is 6.17. The lowest BCUT2D eigenvalue weighted by molar-refractivity contribution is -0.134. The molecule has 0 spiro atoms. The molecule has 1 amide bonds. The molecule has 2 aliphatic heterocycles. The minimum atomic E-state index is -4.22. The first kappa shape index (κ1) is 23.8. The molecule has 2 aromatic rings. The van der Waals surface area contributed by atoms with Crippen LogP contribution < -0.4 is 4.72 Å². The maximum absolute atomic E-state index is 14.2. The highest BCUT2D eigenvalue weighted by Crippen LogP contribution is 2.18. The summed E-state index contributed by atoms with van der Waals surface area (Å²) in [4.78, 5) is 16.9. The van der Waals surface area contributed by atoms with E-state index in [2.05, 4.69) is 9.62 Å². The van der Waals surface area contributed by atoms with E-state index in [0.29, 0.717) is 26.2 Å². The van der Waals surface area contributed by atoms with Gasteiger partial charge in [0.25, 0.3) is 0 Å². The molecule has 2 aromatic carbocycles. The fourth-order valence-electron chi connectivity index (χ4n) is 4.39. The summed E-state index contributed by atoms with van der Waals surface area (Å²) in [6.45, 7) is 4.12. The second kappa shape index (κ2) is 10.7. The molecule has 2 atom stereocenters. The molecular formula is C24H30FN3O4S. The Kier molecular flexibility index (Phi) is 7.75. The number of sulfonamides is 1. The summed E-state index contributed by atoms with van der Waals surface area (Å²) in [5, 5.41) is 0. The Balaban J connectivity index is 1.46. The van der Waals surface area contributed by atoms with Crippen molar-refractivity contribution in [1.29, 1.82) is 0 Å². The lowest BCUT2D eigenvalue weighted by atomic mass is 10.1. The summed E-state index contributed by atoms with van der Waals surface area (Å²) in [6.07, 6.45) is 2.59. The van der Waals surface area contributed by atoms with E-state index in [-0.39, 0.29) is 18.4 Å². The number of piperazine rings is 1. The number of ether oxygens (including phenoxy) is 1. The van der Waals surface area contributed by atoms with Gasteiger partial charge in [0.1, 0.15) is 16.8 Å². The Morgan fingerprint density at radius 1 is 1.06 bits per heavy atom. The molecule has 9 heteroatoms. The number of rotatable bonds is 8. The van der Waals surface area contributed by atoms with Gasteiger partial charge in [-0.2, -0.15) is 4.72 Å². The van der Waals surface area contributed by atoms with Crippen LogP contribution in [0.15, 0.2) is 59.5 Å². The van der Waals surface area contributed by atoms with Gasteiger partial charge in [0.2, 0.25) is 15.9 Å². The highest BCUT2D eigenvalue weighted by Gasteiger charge is 2.33. The molecule has 2 aliphatic rings. The van der Waals surface area contributed by atoms with Crippen LogP contribution in [0.2, 0.25) is 0 Å². The summed E-state index contributed by atoms with van der Waals surface area (Å²) in [5.74, 6) is -1.14. The molecule has 4 rings (SSSR count). The first-order chi connectivity index (χ1) is 15.9. The molecule has 1 N–H and O–H groups in total. The van der Waals surface area contributed by atoms with Crippen molar-refractivity contribution in [2.75, 3.05) is 39.3 Å². The molecule has 0 aliphatic carbocycles. The van der Waals surface area contributed by atoms with E-state index in [1.165, 1.54) is 18.2 Å². The van der Waals surface area contributed by atoms with Gasteiger partial charge in [-0.25, -0.2) is 12.8 Å². The van der Waals surface area contributed by atoms with Crippen LogP contribution in [-0.4, -0.2) is 75.6 Å². The van der Waals surface area contributed by atoms with Crippen molar-refractivity contribution in [3.63, 3.8) is 0 Å². The molecule has 178 valence electrons. The third-order valence-corrected chi connectivity index (χ3v) is 7.68. The normalized spacial score (nSPS) is 20.6. The standard InChI is InChI=1S/C24H30FN3O4S/c25-21-10-4-5-11-23(21)33(30,31)26-22(17-19-7-2-1-3-8-19)24(29)28-14-12-27(13-15-28)18-20-9-6-16-32-20/h1-5,7-8,10-11,20,22,26H,6,9,12-18H2/t20-,22+/m0/s1. The molecule has 0 unspecified atom stereocenters. The lowest BCUT2D eigenvalue weighted by Gasteiger charge is -2.37. The minimum Gasteiger partial charge on any atom is -0.377 e. The van der Waals surface area contributed by atoms with E-state index < -0.39 is 26.8 Å². The smallest absolute Gasteiger partial charge is 0.244 e. The number of halogens is 1. The van der Waals surface area contributed by atoms with Gasteiger partial charge in [-0.3, -0.25) is 9.69 Å². The van der Waals surface area contributed by atoms with Crippen molar-refractivity contribution in [1.82, 2.24) is 14.5 Å². The summed E-state index contributed by atoms with van der Waals surface area (Å²) in [7, 11) is -4.22. The molecule has 0 aromatic heterocycles. The molecule has 7 nitrogen and oxygen atoms in total. The average Bonchev–Trinajstić information content (AvgIpc) is 3.32. The van der Waals surface area contributed by atoms with E-state index in [0.717, 1.165) is 37.6 Å². The van der Waals surface area contributed by atoms with Crippen LogP contribution in [0.3, 0.4) is 0 Å². The number of benzene rings is 2. The largest absolute Gasteiger partial charge is 0.377 e. The molecule has 33 heavy (non-hydrogen) atoms. The predicted octanol–water partition coefficient (Wildman–Crippen LogP) is 2.04. The zero-order valence-electron chi connectivity index (χ0n) is 18.5. The Morgan fingerprint density at radius 2 is 1.76 bits per heavy atom. The SMILES string of the molecule is O=C([C@@H](Cc1ccccc1)NS(=O)(=O)c1ccccc1F)N1CCN(C[C@@H]2CCCO2)CC1. The van der Waals surface area contributed by atoms with Crippen molar-refractivity contribution in [3.05, 3.63) is 66.0 Å². The summed E-state index contributed by atoms with van der Waals surface area (Å²) in [6, 6.07) is 13.4. The number of nitrogens with one attached hydrogen (secondary N) is 1. The van der Waals surface area contributed by atoms with Crippen LogP contribution in [0.25, 0.3) is 0 Å². The number of nitrogens with zero attached hydrogens (tertiary/aromatic N) is 2. The maximum Gasteiger partial charge on any atom is 0.244 e. The Bertz CT molecular complexity index is 1040. The van der Waals surface area contributed by atoms with E-state index in [1.807, 2.05) is 30.3 Å². The van der Waals surface area contributed by atoms with Crippen LogP contribution in [0, 0.1) is 5.82 Å². The van der Waals surface area contributed by atoms with Crippen molar-refractivity contribution in [3.8, 4) is 0 Å². The monoisotopic (exact) mass is 475 g/mol. The van der Waals surface area contributed by atoms with Crippen LogP contribution in [0.4, 0.5) is 4.39 Å². The Morgan fingerprint density at radius 3 is 2.42 bits per heavy atom. The van der Waals surface area contributed by atoms with Gasteiger partial charge in [-0.15, -0.1) is 0 Å². The zero-order valence-corrected chi connectivity index (χ0v) is 19.3. The molecule has 2 fully saturated rings. The molecule has 2 saturated heterocycles. The Hall–Kier alpha value is -2.33. The molecule has 0 radical (unpaired) electrons. The molecule has 2 heterocycles. The Labute approximate surface area is 194 Å². The van der Waals surface area contributed by atoms with E-state index >= 15 is 0 Å². The van der Waals surface area contributed by atoms with Crippen molar-refractivity contribution < 1.29 is 22.3 Å². The number of hydrogen-bond acceptors (Lipinski definition) is 5. The predicted molar refractivity (Wildman–Crippen MR) is 123 cm³/mol. The zero-order chi connectivity index (χ0) is 23.3. The van der Waals surface area contributed by atoms with Crippen molar-refractivity contribution in [2.24, 2.45) is 0 Å². The van der Waals surface area contributed by atoms with Gasteiger partial charge >= 0.3 is 0 Å². The van der Waals surface area contributed by atoms with Gasteiger partial charge in [-0.05, 0) is 37.0 Å². The fourth-order valence-corrected chi connectivity index (χ4v) is 5.66. The average molecular weight is 476 g/mol. The third kappa shape index (κ3) is 6.17. The minimum absolute atomic E-state index is 0.184. The lowest BCUT2D eigenvalue weighted by Crippen LogP contribution is -2.56. The molecule has 0 saturated carbocycles. The number of carbonyl (C=O) groups excluding carboxylic acids is 1. The van der Waals surface area contributed by atoms with Crippen LogP contribution in [0.5, 0.6) is 0 Å². The summed E-state index contributed by atoms with van der Waals surface area (Å²) < 4.78 is 48.3. The fraction of sp³-hybridized carbons (Fsp3) is 0.458.